The zero-order valence-electron chi connectivity index (χ0n) is 5.93. The zero-order chi connectivity index (χ0) is 8.43. The minimum atomic E-state index is -1.27. The third-order valence-electron chi connectivity index (χ3n) is 1.25. The van der Waals surface area contributed by atoms with Gasteiger partial charge in [-0.3, -0.25) is 0 Å². The van der Waals surface area contributed by atoms with E-state index in [-0.39, 0.29) is 30.0 Å². The molecule has 4 nitrogen and oxygen atoms in total. The van der Waals surface area contributed by atoms with Crippen molar-refractivity contribution in [2.24, 2.45) is 0 Å². The number of carboxylic acid groups (broad SMARTS) is 1. The maximum Gasteiger partial charge on any atom is 0.339 e. The summed E-state index contributed by atoms with van der Waals surface area (Å²) >= 11 is 0. The van der Waals surface area contributed by atoms with Crippen LogP contribution in [-0.2, 0) is 0 Å². The van der Waals surface area contributed by atoms with E-state index in [1.807, 2.05) is 0 Å². The summed E-state index contributed by atoms with van der Waals surface area (Å²) in [4.78, 5) is 10.3. The van der Waals surface area contributed by atoms with Gasteiger partial charge in [-0.2, -0.15) is 0 Å². The van der Waals surface area contributed by atoms with Crippen molar-refractivity contribution in [2.45, 2.75) is 0 Å². The first-order chi connectivity index (χ1) is 5.13. The molecule has 0 aliphatic heterocycles. The van der Waals surface area contributed by atoms with Gasteiger partial charge in [0.05, 0.1) is 0 Å². The molecule has 0 atom stereocenters. The number of phenols is 2. The van der Waals surface area contributed by atoms with Gasteiger partial charge in [0.25, 0.3) is 0 Å². The van der Waals surface area contributed by atoms with Crippen molar-refractivity contribution >= 4 is 30.4 Å². The van der Waals surface area contributed by atoms with Crippen LogP contribution in [0.3, 0.4) is 0 Å². The number of phenolic OH excluding ortho intramolecular Hbond substituents is 1. The molecule has 3 N–H and O–H groups in total. The number of aromatic carboxylic acids is 1. The predicted molar refractivity (Wildman–Crippen MR) is 42.5 cm³/mol. The first-order valence-corrected chi connectivity index (χ1v) is 2.87. The van der Waals surface area contributed by atoms with Crippen LogP contribution in [0.15, 0.2) is 18.2 Å². The van der Waals surface area contributed by atoms with Crippen molar-refractivity contribution in [3.8, 4) is 11.5 Å². The second-order valence-electron chi connectivity index (χ2n) is 1.98. The van der Waals surface area contributed by atoms with Crippen LogP contribution in [0.5, 0.6) is 11.5 Å². The molecule has 3 radical (unpaired) electrons. The number of aromatic hydroxyl groups is 2. The molecule has 0 spiro atoms. The van der Waals surface area contributed by atoms with Crippen molar-refractivity contribution in [3.05, 3.63) is 23.8 Å². The van der Waals surface area contributed by atoms with Gasteiger partial charge < -0.3 is 15.3 Å². The van der Waals surface area contributed by atoms with Crippen LogP contribution >= 0.6 is 0 Å². The van der Waals surface area contributed by atoms with Gasteiger partial charge in [0, 0.05) is 24.4 Å². The summed E-state index contributed by atoms with van der Waals surface area (Å²) in [6.07, 6.45) is 0. The van der Waals surface area contributed by atoms with E-state index < -0.39 is 17.5 Å². The van der Waals surface area contributed by atoms with Gasteiger partial charge in [0.1, 0.15) is 5.56 Å². The molecule has 0 aromatic heterocycles. The summed E-state index contributed by atoms with van der Waals surface area (Å²) in [5, 5.41) is 26.2. The monoisotopic (exact) mass is 275 g/mol. The molecule has 0 saturated heterocycles. The predicted octanol–water partition coefficient (Wildman–Crippen LogP) is 0.415. The van der Waals surface area contributed by atoms with Crippen molar-refractivity contribution in [1.29, 1.82) is 0 Å². The van der Waals surface area contributed by atoms with Crippen LogP contribution in [-0.4, -0.2) is 45.7 Å². The Morgan fingerprint density at radius 3 is 2.25 bits per heavy atom. The normalized spacial score (nSPS) is 8.67. The van der Waals surface area contributed by atoms with Gasteiger partial charge in [-0.25, -0.2) is 4.79 Å². The molecule has 1 aromatic carbocycles. The van der Waals surface area contributed by atoms with Crippen molar-refractivity contribution < 1.29 is 20.1 Å². The van der Waals surface area contributed by atoms with Crippen LogP contribution in [0.4, 0.5) is 0 Å². The molecule has 63 valence electrons. The summed E-state index contributed by atoms with van der Waals surface area (Å²) in [6.45, 7) is 0. The van der Waals surface area contributed by atoms with Crippen LogP contribution in [0.2, 0.25) is 0 Å². The van der Waals surface area contributed by atoms with E-state index in [9.17, 15) is 4.79 Å². The van der Waals surface area contributed by atoms with Crippen molar-refractivity contribution in [3.63, 3.8) is 0 Å². The number of carbonyl (C=O) groups is 1. The second kappa shape index (κ2) is 4.21. The van der Waals surface area contributed by atoms with Crippen LogP contribution in [0, 0.1) is 0 Å². The molecule has 12 heavy (non-hydrogen) atoms. The molecule has 1 aromatic rings. The molecule has 0 aliphatic carbocycles. The van der Waals surface area contributed by atoms with E-state index in [0.29, 0.717) is 0 Å². The van der Waals surface area contributed by atoms with Crippen molar-refractivity contribution in [2.75, 3.05) is 0 Å². The van der Waals surface area contributed by atoms with E-state index in [1.54, 1.807) is 0 Å². The summed E-state index contributed by atoms with van der Waals surface area (Å²) in [6, 6.07) is 3.76. The minimum absolute atomic E-state index is 0. The van der Waals surface area contributed by atoms with E-state index in [2.05, 4.69) is 0 Å². The number of para-hydroxylation sites is 1. The Morgan fingerprint density at radius 1 is 1.25 bits per heavy atom. The van der Waals surface area contributed by atoms with Gasteiger partial charge in [0.2, 0.25) is 0 Å². The van der Waals surface area contributed by atoms with Gasteiger partial charge >= 0.3 is 5.97 Å². The fourth-order valence-electron chi connectivity index (χ4n) is 0.704. The molecule has 0 fully saturated rings. The second-order valence-corrected chi connectivity index (χ2v) is 1.98. The van der Waals surface area contributed by atoms with Crippen LogP contribution in [0.25, 0.3) is 0 Å². The fourth-order valence-corrected chi connectivity index (χ4v) is 0.704. The Hall–Kier alpha value is -0.892. The quantitative estimate of drug-likeness (QED) is 0.513. The Morgan fingerprint density at radius 2 is 1.83 bits per heavy atom. The Bertz CT molecular complexity index is 297. The van der Waals surface area contributed by atoms with Crippen molar-refractivity contribution in [1.82, 2.24) is 0 Å². The van der Waals surface area contributed by atoms with Crippen LogP contribution in [0.1, 0.15) is 10.4 Å². The molecule has 1 rings (SSSR count). The SMILES string of the molecule is O=C(O)c1cccc(O)c1O.[Sb]. The Balaban J connectivity index is 0.00000121. The number of hydrogen-bond acceptors (Lipinski definition) is 3. The van der Waals surface area contributed by atoms with E-state index in [1.165, 1.54) is 18.2 Å². The molecule has 0 unspecified atom stereocenters. The van der Waals surface area contributed by atoms with Gasteiger partial charge in [-0.15, -0.1) is 0 Å². The number of hydrogen-bond donors (Lipinski definition) is 3. The average molecular weight is 276 g/mol. The summed E-state index contributed by atoms with van der Waals surface area (Å²) in [5.41, 5.74) is -0.301. The summed E-state index contributed by atoms with van der Waals surface area (Å²) in [5.74, 6) is -2.29. The van der Waals surface area contributed by atoms with E-state index in [4.69, 9.17) is 15.3 Å². The topological polar surface area (TPSA) is 77.8 Å². The maximum absolute atomic E-state index is 10.3. The number of rotatable bonds is 1. The molecule has 0 saturated carbocycles. The molecule has 5 heteroatoms. The summed E-state index contributed by atoms with van der Waals surface area (Å²) < 4.78 is 0. The molecule has 0 aliphatic rings. The fraction of sp³-hybridized carbons (Fsp3) is 0. The van der Waals surface area contributed by atoms with E-state index in [0.717, 1.165) is 0 Å². The standard InChI is InChI=1S/C7H6O4.Sb/c8-5-3-1-2-4(6(5)9)7(10)11;/h1-3,8-9H,(H,10,11);. The molecular formula is C7H6O4Sb. The first-order valence-electron chi connectivity index (χ1n) is 2.87. The molecular weight excluding hydrogens is 270 g/mol. The first kappa shape index (κ1) is 11.1. The van der Waals surface area contributed by atoms with Crippen LogP contribution < -0.4 is 0 Å². The minimum Gasteiger partial charge on any atom is -0.504 e. The van der Waals surface area contributed by atoms with Gasteiger partial charge in [0.15, 0.2) is 11.5 Å². The average Bonchev–Trinajstić information content (AvgIpc) is 1.94. The Labute approximate surface area is 85.9 Å². The third-order valence-corrected chi connectivity index (χ3v) is 1.25. The number of benzene rings is 1. The Kier molecular flexibility index (Phi) is 3.90. The summed E-state index contributed by atoms with van der Waals surface area (Å²) in [7, 11) is 0. The van der Waals surface area contributed by atoms with Gasteiger partial charge in [-0.05, 0) is 12.1 Å². The van der Waals surface area contributed by atoms with E-state index >= 15 is 0 Å². The third kappa shape index (κ3) is 2.05. The maximum atomic E-state index is 10.3. The zero-order valence-corrected chi connectivity index (χ0v) is 8.48. The smallest absolute Gasteiger partial charge is 0.339 e. The molecule has 0 heterocycles. The largest absolute Gasteiger partial charge is 0.504 e. The van der Waals surface area contributed by atoms with Gasteiger partial charge in [-0.1, -0.05) is 6.07 Å². The number of carboxylic acids is 1. The molecule has 0 bridgehead atoms. The molecule has 0 amide bonds.